The molecule has 0 bridgehead atoms. The van der Waals surface area contributed by atoms with Crippen molar-refractivity contribution in [3.05, 3.63) is 24.3 Å². The average Bonchev–Trinajstić information content (AvgIpc) is 2.93. The molecule has 1 fully saturated rings. The van der Waals surface area contributed by atoms with Crippen LogP contribution in [0.25, 0.3) is 0 Å². The standard InChI is InChI=1S/C14H17NO3S/c1-14(2)10(11(14)13(17)18)12(16)15-8-5-4-6-9(7-8)19-3/h4-7,10-11H,1-3H3,(H,15,16)(H,17,18). The molecule has 1 aliphatic rings. The van der Waals surface area contributed by atoms with Gasteiger partial charge in [-0.25, -0.2) is 0 Å². The van der Waals surface area contributed by atoms with E-state index in [1.54, 1.807) is 11.8 Å². The number of carbonyl (C=O) groups excluding carboxylic acids is 1. The summed E-state index contributed by atoms with van der Waals surface area (Å²) in [5.41, 5.74) is 0.247. The zero-order chi connectivity index (χ0) is 14.2. The van der Waals surface area contributed by atoms with Gasteiger partial charge in [-0.1, -0.05) is 19.9 Å². The van der Waals surface area contributed by atoms with Gasteiger partial charge in [-0.2, -0.15) is 0 Å². The molecular formula is C14H17NO3S. The van der Waals surface area contributed by atoms with Crippen LogP contribution >= 0.6 is 11.8 Å². The third-order valence-electron chi connectivity index (χ3n) is 3.71. The number of carboxylic acid groups (broad SMARTS) is 1. The number of nitrogens with one attached hydrogen (secondary N) is 1. The molecule has 2 unspecified atom stereocenters. The van der Waals surface area contributed by atoms with E-state index in [4.69, 9.17) is 5.11 Å². The summed E-state index contributed by atoms with van der Waals surface area (Å²) in [5.74, 6) is -2.15. The highest BCUT2D eigenvalue weighted by Crippen LogP contribution is 2.58. The molecule has 1 aromatic carbocycles. The smallest absolute Gasteiger partial charge is 0.307 e. The molecular weight excluding hydrogens is 262 g/mol. The van der Waals surface area contributed by atoms with Gasteiger partial charge in [0.1, 0.15) is 0 Å². The Morgan fingerprint density at radius 3 is 2.53 bits per heavy atom. The molecule has 0 aromatic heterocycles. The highest BCUT2D eigenvalue weighted by atomic mass is 32.2. The van der Waals surface area contributed by atoms with Gasteiger partial charge in [0, 0.05) is 10.6 Å². The lowest BCUT2D eigenvalue weighted by Gasteiger charge is -2.07. The molecule has 2 rings (SSSR count). The second-order valence-corrected chi connectivity index (χ2v) is 6.22. The van der Waals surface area contributed by atoms with Gasteiger partial charge < -0.3 is 10.4 Å². The van der Waals surface area contributed by atoms with Gasteiger partial charge in [0.15, 0.2) is 0 Å². The van der Waals surface area contributed by atoms with Crippen LogP contribution in [0.1, 0.15) is 13.8 Å². The minimum atomic E-state index is -0.900. The number of carbonyl (C=O) groups is 2. The van der Waals surface area contributed by atoms with Crippen molar-refractivity contribution >= 4 is 29.3 Å². The summed E-state index contributed by atoms with van der Waals surface area (Å²) in [6.45, 7) is 3.63. The van der Waals surface area contributed by atoms with E-state index in [2.05, 4.69) is 5.32 Å². The lowest BCUT2D eigenvalue weighted by molar-refractivity contribution is -0.140. The minimum Gasteiger partial charge on any atom is -0.481 e. The Kier molecular flexibility index (Phi) is 3.58. The summed E-state index contributed by atoms with van der Waals surface area (Å²) in [4.78, 5) is 24.2. The largest absolute Gasteiger partial charge is 0.481 e. The molecule has 2 atom stereocenters. The first-order valence-corrected chi connectivity index (χ1v) is 7.28. The fourth-order valence-electron chi connectivity index (χ4n) is 2.51. The predicted molar refractivity (Wildman–Crippen MR) is 75.2 cm³/mol. The van der Waals surface area contributed by atoms with Crippen LogP contribution in [0.4, 0.5) is 5.69 Å². The number of carboxylic acids is 1. The molecule has 19 heavy (non-hydrogen) atoms. The highest BCUT2D eigenvalue weighted by molar-refractivity contribution is 7.98. The normalized spacial score (nSPS) is 23.7. The van der Waals surface area contributed by atoms with Crippen molar-refractivity contribution in [3.8, 4) is 0 Å². The first kappa shape index (κ1) is 13.9. The third kappa shape index (κ3) is 2.61. The van der Waals surface area contributed by atoms with Crippen molar-refractivity contribution in [2.45, 2.75) is 18.7 Å². The lowest BCUT2D eigenvalue weighted by atomic mass is 10.1. The predicted octanol–water partition coefficient (Wildman–Crippen LogP) is 2.70. The van der Waals surface area contributed by atoms with E-state index in [1.165, 1.54) is 0 Å². The van der Waals surface area contributed by atoms with E-state index in [-0.39, 0.29) is 5.91 Å². The first-order chi connectivity index (χ1) is 8.87. The third-order valence-corrected chi connectivity index (χ3v) is 4.44. The Morgan fingerprint density at radius 2 is 2.00 bits per heavy atom. The van der Waals surface area contributed by atoms with Crippen molar-refractivity contribution in [2.24, 2.45) is 17.3 Å². The van der Waals surface area contributed by atoms with E-state index in [9.17, 15) is 9.59 Å². The monoisotopic (exact) mass is 279 g/mol. The van der Waals surface area contributed by atoms with Crippen LogP contribution in [0.5, 0.6) is 0 Å². The number of amides is 1. The van der Waals surface area contributed by atoms with Crippen molar-refractivity contribution < 1.29 is 14.7 Å². The Labute approximate surface area is 116 Å². The highest BCUT2D eigenvalue weighted by Gasteiger charge is 2.65. The van der Waals surface area contributed by atoms with Gasteiger partial charge in [0.2, 0.25) is 5.91 Å². The number of hydrogen-bond donors (Lipinski definition) is 2. The van der Waals surface area contributed by atoms with Gasteiger partial charge in [0.05, 0.1) is 11.8 Å². The van der Waals surface area contributed by atoms with Crippen molar-refractivity contribution in [2.75, 3.05) is 11.6 Å². The molecule has 102 valence electrons. The first-order valence-electron chi connectivity index (χ1n) is 6.05. The molecule has 0 aliphatic heterocycles. The van der Waals surface area contributed by atoms with E-state index in [0.717, 1.165) is 4.90 Å². The number of thioether (sulfide) groups is 1. The number of rotatable bonds is 4. The SMILES string of the molecule is CSc1cccc(NC(=O)C2C(C(=O)O)C2(C)C)c1. The average molecular weight is 279 g/mol. The summed E-state index contributed by atoms with van der Waals surface area (Å²) in [7, 11) is 0. The van der Waals surface area contributed by atoms with Crippen molar-refractivity contribution in [1.29, 1.82) is 0 Å². The van der Waals surface area contributed by atoms with Gasteiger partial charge in [-0.05, 0) is 29.9 Å². The maximum Gasteiger partial charge on any atom is 0.307 e. The van der Waals surface area contributed by atoms with E-state index >= 15 is 0 Å². The second-order valence-electron chi connectivity index (χ2n) is 5.34. The van der Waals surface area contributed by atoms with Gasteiger partial charge >= 0.3 is 5.97 Å². The summed E-state index contributed by atoms with van der Waals surface area (Å²) in [5, 5.41) is 11.9. The van der Waals surface area contributed by atoms with Crippen molar-refractivity contribution in [1.82, 2.24) is 0 Å². The molecule has 5 heteroatoms. The van der Waals surface area contributed by atoms with Gasteiger partial charge in [-0.3, -0.25) is 9.59 Å². The molecule has 1 aliphatic carbocycles. The molecule has 0 radical (unpaired) electrons. The van der Waals surface area contributed by atoms with Crippen LogP contribution in [0.2, 0.25) is 0 Å². The number of anilines is 1. The van der Waals surface area contributed by atoms with E-state index < -0.39 is 23.2 Å². The molecule has 1 saturated carbocycles. The molecule has 0 saturated heterocycles. The fraction of sp³-hybridized carbons (Fsp3) is 0.429. The van der Waals surface area contributed by atoms with E-state index in [1.807, 2.05) is 44.4 Å². The van der Waals surface area contributed by atoms with Crippen LogP contribution in [0, 0.1) is 17.3 Å². The molecule has 0 heterocycles. The fourth-order valence-corrected chi connectivity index (χ4v) is 2.97. The van der Waals surface area contributed by atoms with Gasteiger partial charge in [0.25, 0.3) is 0 Å². The van der Waals surface area contributed by atoms with E-state index in [0.29, 0.717) is 5.69 Å². The zero-order valence-electron chi connectivity index (χ0n) is 11.1. The number of hydrogen-bond acceptors (Lipinski definition) is 3. The maximum absolute atomic E-state index is 12.1. The Hall–Kier alpha value is -1.49. The topological polar surface area (TPSA) is 66.4 Å². The van der Waals surface area contributed by atoms with Crippen LogP contribution in [0.3, 0.4) is 0 Å². The Bertz CT molecular complexity index is 527. The number of aliphatic carboxylic acids is 1. The van der Waals surface area contributed by atoms with Crippen LogP contribution < -0.4 is 5.32 Å². The molecule has 2 N–H and O–H groups in total. The zero-order valence-corrected chi connectivity index (χ0v) is 12.0. The lowest BCUT2D eigenvalue weighted by Crippen LogP contribution is -2.17. The quantitative estimate of drug-likeness (QED) is 0.832. The summed E-state index contributed by atoms with van der Waals surface area (Å²) >= 11 is 1.59. The summed E-state index contributed by atoms with van der Waals surface area (Å²) in [6, 6.07) is 7.52. The van der Waals surface area contributed by atoms with Crippen LogP contribution in [-0.2, 0) is 9.59 Å². The summed E-state index contributed by atoms with van der Waals surface area (Å²) < 4.78 is 0. The Balaban J connectivity index is 2.08. The summed E-state index contributed by atoms with van der Waals surface area (Å²) in [6.07, 6.45) is 1.96. The number of benzene rings is 1. The second kappa shape index (κ2) is 4.89. The van der Waals surface area contributed by atoms with Gasteiger partial charge in [-0.15, -0.1) is 11.8 Å². The molecule has 4 nitrogen and oxygen atoms in total. The molecule has 1 amide bonds. The van der Waals surface area contributed by atoms with Crippen LogP contribution in [-0.4, -0.2) is 23.2 Å². The van der Waals surface area contributed by atoms with Crippen LogP contribution in [0.15, 0.2) is 29.2 Å². The molecule has 0 spiro atoms. The minimum absolute atomic E-state index is 0.212. The van der Waals surface area contributed by atoms with Crippen molar-refractivity contribution in [3.63, 3.8) is 0 Å². The maximum atomic E-state index is 12.1. The Morgan fingerprint density at radius 1 is 1.32 bits per heavy atom. The molecule has 1 aromatic rings.